The molecule has 0 saturated carbocycles. The van der Waals surface area contributed by atoms with E-state index in [0.717, 1.165) is 13.0 Å². The molecule has 1 aliphatic heterocycles. The van der Waals surface area contributed by atoms with Crippen LogP contribution < -0.4 is 56.3 Å². The van der Waals surface area contributed by atoms with Crippen molar-refractivity contribution in [1.29, 1.82) is 0 Å². The first-order valence-corrected chi connectivity index (χ1v) is 4.95. The summed E-state index contributed by atoms with van der Waals surface area (Å²) in [7, 11) is 2.11. The summed E-state index contributed by atoms with van der Waals surface area (Å²) in [5, 5.41) is 0. The first-order valence-electron chi connectivity index (χ1n) is 4.95. The Balaban J connectivity index is 0.000000531. The predicted molar refractivity (Wildman–Crippen MR) is 56.0 cm³/mol. The van der Waals surface area contributed by atoms with Gasteiger partial charge in [-0.05, 0) is 12.1 Å². The van der Waals surface area contributed by atoms with E-state index in [1.165, 1.54) is 17.8 Å². The van der Waals surface area contributed by atoms with E-state index in [0.29, 0.717) is 0 Å². The van der Waals surface area contributed by atoms with Crippen LogP contribution in [-0.2, 0) is 6.42 Å². The summed E-state index contributed by atoms with van der Waals surface area (Å²) in [6, 6.07) is 3.96. The molecule has 1 aliphatic rings. The molecule has 0 unspecified atom stereocenters. The maximum absolute atomic E-state index is 4.20. The van der Waals surface area contributed by atoms with Gasteiger partial charge in [-0.2, -0.15) is 6.07 Å². The van der Waals surface area contributed by atoms with Gasteiger partial charge in [-0.3, -0.25) is 0 Å². The van der Waals surface area contributed by atoms with Crippen LogP contribution in [0.1, 0.15) is 26.0 Å². The number of hydrogen-bond donors (Lipinski definition) is 0. The molecule has 2 heterocycles. The Morgan fingerprint density at radius 1 is 1.43 bits per heavy atom. The molecule has 0 aliphatic carbocycles. The van der Waals surface area contributed by atoms with Crippen LogP contribution >= 0.6 is 0 Å². The Labute approximate surface area is 130 Å². The first-order chi connectivity index (χ1) is 6.38. The van der Waals surface area contributed by atoms with E-state index in [1.807, 2.05) is 19.9 Å². The van der Waals surface area contributed by atoms with Crippen LogP contribution in [0.2, 0.25) is 0 Å². The van der Waals surface area contributed by atoms with Gasteiger partial charge < -0.3 is 9.88 Å². The average molecular weight is 216 g/mol. The van der Waals surface area contributed by atoms with Crippen molar-refractivity contribution in [3.63, 3.8) is 0 Å². The minimum atomic E-state index is 0. The third-order valence-corrected chi connectivity index (χ3v) is 2.13. The van der Waals surface area contributed by atoms with E-state index in [-0.39, 0.29) is 51.4 Å². The van der Waals surface area contributed by atoms with Crippen molar-refractivity contribution in [3.05, 3.63) is 24.0 Å². The van der Waals surface area contributed by atoms with Gasteiger partial charge in [-0.25, -0.2) is 0 Å². The van der Waals surface area contributed by atoms with Gasteiger partial charge in [-0.15, -0.1) is 6.07 Å². The molecule has 72 valence electrons. The third-order valence-electron chi connectivity index (χ3n) is 2.13. The van der Waals surface area contributed by atoms with Crippen LogP contribution in [0.15, 0.2) is 12.1 Å². The van der Waals surface area contributed by atoms with Gasteiger partial charge >= 0.3 is 51.4 Å². The Morgan fingerprint density at radius 2 is 2.14 bits per heavy atom. The van der Waals surface area contributed by atoms with E-state index in [4.69, 9.17) is 0 Å². The van der Waals surface area contributed by atoms with E-state index in [1.54, 1.807) is 0 Å². The van der Waals surface area contributed by atoms with Gasteiger partial charge in [0.2, 0.25) is 0 Å². The van der Waals surface area contributed by atoms with Crippen molar-refractivity contribution in [2.45, 2.75) is 26.7 Å². The van der Waals surface area contributed by atoms with Crippen molar-refractivity contribution in [1.82, 2.24) is 4.98 Å². The molecule has 0 saturated heterocycles. The molecule has 0 atom stereocenters. The van der Waals surface area contributed by atoms with Crippen molar-refractivity contribution >= 4 is 5.69 Å². The molecule has 0 spiro atoms. The molecule has 0 bridgehead atoms. The maximum atomic E-state index is 4.20. The largest absolute Gasteiger partial charge is 1.00 e. The standard InChI is InChI=1S/C9H11N2.C2H6.K/c1-11-7-3-4-8-9(11)5-2-6-10-8;1-2;/h2,5H,3-4,7H2,1H3;1-2H3;/q-1;;+1. The number of pyridine rings is 1. The second-order valence-electron chi connectivity index (χ2n) is 2.93. The number of nitrogens with zero attached hydrogens (tertiary/aromatic N) is 2. The zero-order chi connectivity index (χ0) is 9.68. The van der Waals surface area contributed by atoms with Gasteiger partial charge in [0.1, 0.15) is 0 Å². The Morgan fingerprint density at radius 3 is 2.79 bits per heavy atom. The van der Waals surface area contributed by atoms with Crippen molar-refractivity contribution in [2.24, 2.45) is 0 Å². The Hall–Kier alpha value is 0.586. The summed E-state index contributed by atoms with van der Waals surface area (Å²) in [6.07, 6.45) is 5.19. The average Bonchev–Trinajstić information content (AvgIpc) is 2.22. The molecule has 0 N–H and O–H groups in total. The van der Waals surface area contributed by atoms with Gasteiger partial charge in [0, 0.05) is 13.6 Å². The second kappa shape index (κ2) is 7.82. The minimum Gasteiger partial charge on any atom is -0.395 e. The van der Waals surface area contributed by atoms with Crippen molar-refractivity contribution in [3.8, 4) is 0 Å². The minimum absolute atomic E-state index is 0. The fourth-order valence-electron chi connectivity index (χ4n) is 1.52. The number of fused-ring (bicyclic) bond motifs is 1. The zero-order valence-corrected chi connectivity index (χ0v) is 12.8. The summed E-state index contributed by atoms with van der Waals surface area (Å²) in [5.41, 5.74) is 2.47. The van der Waals surface area contributed by atoms with Crippen LogP contribution in [0.4, 0.5) is 5.69 Å². The zero-order valence-electron chi connectivity index (χ0n) is 9.67. The molecule has 0 radical (unpaired) electrons. The van der Waals surface area contributed by atoms with Crippen LogP contribution in [-0.4, -0.2) is 18.6 Å². The maximum Gasteiger partial charge on any atom is 1.00 e. The topological polar surface area (TPSA) is 16.1 Å². The number of anilines is 1. The van der Waals surface area contributed by atoms with E-state index < -0.39 is 0 Å². The van der Waals surface area contributed by atoms with Crippen LogP contribution in [0.25, 0.3) is 0 Å². The van der Waals surface area contributed by atoms with Crippen LogP contribution in [0, 0.1) is 6.20 Å². The van der Waals surface area contributed by atoms with Gasteiger partial charge in [-0.1, -0.05) is 32.2 Å². The second-order valence-corrected chi connectivity index (χ2v) is 2.93. The number of aryl methyl sites for hydroxylation is 1. The van der Waals surface area contributed by atoms with Gasteiger partial charge in [0.25, 0.3) is 0 Å². The quantitative estimate of drug-likeness (QED) is 0.421. The normalized spacial score (nSPS) is 13.2. The molecule has 14 heavy (non-hydrogen) atoms. The van der Waals surface area contributed by atoms with Crippen molar-refractivity contribution < 1.29 is 51.4 Å². The Kier molecular flexibility index (Phi) is 8.15. The summed E-state index contributed by atoms with van der Waals surface area (Å²) >= 11 is 0. The molecule has 0 aromatic carbocycles. The van der Waals surface area contributed by atoms with E-state index >= 15 is 0 Å². The molecular weight excluding hydrogens is 199 g/mol. The van der Waals surface area contributed by atoms with Gasteiger partial charge in [0.05, 0.1) is 0 Å². The van der Waals surface area contributed by atoms with Gasteiger partial charge in [0.15, 0.2) is 0 Å². The molecule has 1 aromatic heterocycles. The summed E-state index contributed by atoms with van der Waals surface area (Å²) in [5.74, 6) is 0. The smallest absolute Gasteiger partial charge is 0.395 e. The first kappa shape index (κ1) is 14.6. The SMILES string of the molecule is CC.CN1CCCc2n[c-]ccc21.[K+]. The van der Waals surface area contributed by atoms with E-state index in [9.17, 15) is 0 Å². The van der Waals surface area contributed by atoms with Crippen LogP contribution in [0.3, 0.4) is 0 Å². The molecule has 3 heteroatoms. The number of rotatable bonds is 0. The molecule has 0 amide bonds. The fourth-order valence-corrected chi connectivity index (χ4v) is 1.52. The third kappa shape index (κ3) is 3.63. The molecule has 1 aromatic rings. The fraction of sp³-hybridized carbons (Fsp3) is 0.545. The summed E-state index contributed by atoms with van der Waals surface area (Å²) < 4.78 is 0. The summed E-state index contributed by atoms with van der Waals surface area (Å²) in [4.78, 5) is 6.45. The monoisotopic (exact) mass is 216 g/mol. The number of aromatic nitrogens is 1. The predicted octanol–water partition coefficient (Wildman–Crippen LogP) is -0.706. The molecule has 0 fully saturated rings. The summed E-state index contributed by atoms with van der Waals surface area (Å²) in [6.45, 7) is 5.15. The molecule has 2 nitrogen and oxygen atoms in total. The number of hydrogen-bond acceptors (Lipinski definition) is 2. The van der Waals surface area contributed by atoms with Crippen molar-refractivity contribution in [2.75, 3.05) is 18.5 Å². The van der Waals surface area contributed by atoms with E-state index in [2.05, 4.69) is 29.2 Å². The molecule has 2 rings (SSSR count). The van der Waals surface area contributed by atoms with Crippen LogP contribution in [0.5, 0.6) is 0 Å². The molecular formula is C11H17KN2. The Bertz CT molecular complexity index is 263.